The molecule has 1 fully saturated rings. The fraction of sp³-hybridized carbons (Fsp3) is 0.364. The van der Waals surface area contributed by atoms with Crippen molar-refractivity contribution in [1.82, 2.24) is 14.2 Å². The van der Waals surface area contributed by atoms with E-state index in [0.717, 1.165) is 44.5 Å². The lowest BCUT2D eigenvalue weighted by Crippen LogP contribution is -2.33. The van der Waals surface area contributed by atoms with Gasteiger partial charge in [-0.3, -0.25) is 9.69 Å². The molecule has 1 amide bonds. The highest BCUT2D eigenvalue weighted by atomic mass is 32.2. The number of thiazole rings is 1. The minimum absolute atomic E-state index is 0.129. The number of nitrogens with zero attached hydrogens (tertiary/aromatic N) is 3. The van der Waals surface area contributed by atoms with Crippen molar-refractivity contribution in [1.29, 1.82) is 0 Å². The van der Waals surface area contributed by atoms with E-state index in [0.29, 0.717) is 5.69 Å². The molecular weight excluding hydrogens is 432 g/mol. The Bertz CT molecular complexity index is 1190. The van der Waals surface area contributed by atoms with Crippen LogP contribution in [0.1, 0.15) is 29.5 Å². The van der Waals surface area contributed by atoms with E-state index in [1.807, 2.05) is 25.1 Å². The number of carbonyl (C=O) groups is 1. The predicted molar refractivity (Wildman–Crippen MR) is 124 cm³/mol. The number of fused-ring (bicyclic) bond motifs is 1. The van der Waals surface area contributed by atoms with Gasteiger partial charge in [0.25, 0.3) is 0 Å². The summed E-state index contributed by atoms with van der Waals surface area (Å²) < 4.78 is 27.2. The molecule has 0 spiro atoms. The molecule has 2 aromatic carbocycles. The average molecular weight is 459 g/mol. The van der Waals surface area contributed by atoms with Crippen LogP contribution in [0.2, 0.25) is 0 Å². The van der Waals surface area contributed by atoms with Gasteiger partial charge >= 0.3 is 0 Å². The minimum atomic E-state index is -3.57. The van der Waals surface area contributed by atoms with Crippen molar-refractivity contribution in [3.8, 4) is 0 Å². The Kier molecular flexibility index (Phi) is 6.11. The fourth-order valence-corrected chi connectivity index (χ4v) is 5.87. The minimum Gasteiger partial charge on any atom is -0.325 e. The zero-order chi connectivity index (χ0) is 22.2. The Balaban J connectivity index is 1.49. The molecule has 9 heteroatoms. The number of anilines is 1. The van der Waals surface area contributed by atoms with Gasteiger partial charge in [-0.25, -0.2) is 17.7 Å². The number of amides is 1. The lowest BCUT2D eigenvalue weighted by molar-refractivity contribution is -0.117. The maximum atomic E-state index is 12.8. The first-order valence-electron chi connectivity index (χ1n) is 10.2. The molecule has 164 valence electrons. The van der Waals surface area contributed by atoms with E-state index in [2.05, 4.69) is 16.3 Å². The van der Waals surface area contributed by atoms with Crippen LogP contribution in [0.4, 0.5) is 5.69 Å². The molecule has 3 aromatic rings. The molecule has 1 aromatic heterocycles. The van der Waals surface area contributed by atoms with Gasteiger partial charge in [-0.15, -0.1) is 11.3 Å². The number of nitrogens with one attached hydrogen (secondary N) is 1. The van der Waals surface area contributed by atoms with E-state index in [1.54, 1.807) is 23.5 Å². The van der Waals surface area contributed by atoms with Crippen LogP contribution in [0.3, 0.4) is 0 Å². The molecule has 1 saturated heterocycles. The highest BCUT2D eigenvalue weighted by Crippen LogP contribution is 2.36. The summed E-state index contributed by atoms with van der Waals surface area (Å²) in [5.41, 5.74) is 2.33. The summed E-state index contributed by atoms with van der Waals surface area (Å²) in [6.07, 6.45) is 1.99. The number of likely N-dealkylation sites (tertiary alicyclic amines) is 1. The van der Waals surface area contributed by atoms with Crippen molar-refractivity contribution in [2.45, 2.75) is 30.7 Å². The summed E-state index contributed by atoms with van der Waals surface area (Å²) in [5, 5.41) is 3.95. The van der Waals surface area contributed by atoms with Gasteiger partial charge in [0, 0.05) is 19.8 Å². The van der Waals surface area contributed by atoms with Crippen LogP contribution < -0.4 is 5.32 Å². The first-order valence-corrected chi connectivity index (χ1v) is 12.4. The number of benzene rings is 2. The Morgan fingerprint density at radius 1 is 1.26 bits per heavy atom. The molecule has 0 bridgehead atoms. The van der Waals surface area contributed by atoms with Gasteiger partial charge in [0.2, 0.25) is 15.9 Å². The lowest BCUT2D eigenvalue weighted by Gasteiger charge is -2.22. The van der Waals surface area contributed by atoms with Crippen molar-refractivity contribution in [3.63, 3.8) is 0 Å². The summed E-state index contributed by atoms with van der Waals surface area (Å²) >= 11 is 1.68. The van der Waals surface area contributed by atoms with Crippen LogP contribution in [0.5, 0.6) is 0 Å². The molecule has 1 atom stereocenters. The number of aryl methyl sites for hydroxylation is 1. The Morgan fingerprint density at radius 3 is 2.77 bits per heavy atom. The molecule has 7 nitrogen and oxygen atoms in total. The van der Waals surface area contributed by atoms with E-state index in [9.17, 15) is 13.2 Å². The number of aromatic nitrogens is 1. The number of hydrogen-bond donors (Lipinski definition) is 1. The summed E-state index contributed by atoms with van der Waals surface area (Å²) in [6.45, 7) is 2.92. The molecule has 0 saturated carbocycles. The maximum Gasteiger partial charge on any atom is 0.242 e. The molecule has 1 unspecified atom stereocenters. The molecule has 2 heterocycles. The van der Waals surface area contributed by atoms with E-state index in [4.69, 9.17) is 4.98 Å². The third kappa shape index (κ3) is 4.50. The average Bonchev–Trinajstić information content (AvgIpc) is 3.35. The topological polar surface area (TPSA) is 82.6 Å². The van der Waals surface area contributed by atoms with E-state index in [-0.39, 0.29) is 23.4 Å². The second kappa shape index (κ2) is 8.66. The number of rotatable bonds is 6. The van der Waals surface area contributed by atoms with Crippen LogP contribution >= 0.6 is 11.3 Å². The standard InChI is InChI=1S/C22H26N4O3S2/c1-15-10-11-16(31(28,29)25(2)3)13-18(15)23-21(27)14-26-12-6-8-19(26)22-24-17-7-4-5-9-20(17)30-22/h4-5,7,9-11,13,19H,6,8,12,14H2,1-3H3,(H,23,27). The van der Waals surface area contributed by atoms with E-state index in [1.165, 1.54) is 20.2 Å². The van der Waals surface area contributed by atoms with Crippen molar-refractivity contribution < 1.29 is 13.2 Å². The van der Waals surface area contributed by atoms with E-state index < -0.39 is 10.0 Å². The highest BCUT2D eigenvalue weighted by Gasteiger charge is 2.30. The molecular formula is C22H26N4O3S2. The lowest BCUT2D eigenvalue weighted by atomic mass is 10.2. The van der Waals surface area contributed by atoms with Gasteiger partial charge in [0.15, 0.2) is 0 Å². The molecule has 31 heavy (non-hydrogen) atoms. The van der Waals surface area contributed by atoms with Gasteiger partial charge in [0.05, 0.1) is 27.7 Å². The maximum absolute atomic E-state index is 12.8. The Morgan fingerprint density at radius 2 is 2.03 bits per heavy atom. The van der Waals surface area contributed by atoms with Crippen molar-refractivity contribution in [3.05, 3.63) is 53.0 Å². The highest BCUT2D eigenvalue weighted by molar-refractivity contribution is 7.89. The molecule has 4 rings (SSSR count). The third-order valence-corrected chi connectivity index (χ3v) is 8.52. The second-order valence-electron chi connectivity index (χ2n) is 7.96. The summed E-state index contributed by atoms with van der Waals surface area (Å²) in [5.74, 6) is -0.157. The van der Waals surface area contributed by atoms with Crippen molar-refractivity contribution in [2.24, 2.45) is 0 Å². The fourth-order valence-electron chi connectivity index (χ4n) is 3.81. The van der Waals surface area contributed by atoms with Gasteiger partial charge in [-0.1, -0.05) is 18.2 Å². The number of sulfonamides is 1. The molecule has 1 N–H and O–H groups in total. The molecule has 1 aliphatic heterocycles. The number of para-hydroxylation sites is 1. The molecule has 0 aliphatic carbocycles. The van der Waals surface area contributed by atoms with Crippen LogP contribution in [0.15, 0.2) is 47.4 Å². The second-order valence-corrected chi connectivity index (χ2v) is 11.2. The quantitative estimate of drug-likeness (QED) is 0.610. The van der Waals surface area contributed by atoms with E-state index >= 15 is 0 Å². The van der Waals surface area contributed by atoms with Gasteiger partial charge < -0.3 is 5.32 Å². The number of hydrogen-bond acceptors (Lipinski definition) is 6. The first kappa shape index (κ1) is 21.9. The summed E-state index contributed by atoms with van der Waals surface area (Å²) in [7, 11) is -0.589. The zero-order valence-corrected chi connectivity index (χ0v) is 19.5. The Hall–Kier alpha value is -2.33. The number of carbonyl (C=O) groups excluding carboxylic acids is 1. The first-order chi connectivity index (χ1) is 14.8. The smallest absolute Gasteiger partial charge is 0.242 e. The largest absolute Gasteiger partial charge is 0.325 e. The third-order valence-electron chi connectivity index (χ3n) is 5.57. The van der Waals surface area contributed by atoms with Crippen LogP contribution in [0.25, 0.3) is 10.2 Å². The van der Waals surface area contributed by atoms with Crippen molar-refractivity contribution in [2.75, 3.05) is 32.5 Å². The van der Waals surface area contributed by atoms with Crippen LogP contribution in [-0.4, -0.2) is 55.7 Å². The Labute approximate surface area is 186 Å². The van der Waals surface area contributed by atoms with Crippen LogP contribution in [-0.2, 0) is 14.8 Å². The zero-order valence-electron chi connectivity index (χ0n) is 17.8. The summed E-state index contributed by atoms with van der Waals surface area (Å²) in [4.78, 5) is 19.9. The van der Waals surface area contributed by atoms with Crippen molar-refractivity contribution >= 4 is 43.2 Å². The van der Waals surface area contributed by atoms with Crippen LogP contribution in [0, 0.1) is 6.92 Å². The SMILES string of the molecule is Cc1ccc(S(=O)(=O)N(C)C)cc1NC(=O)CN1CCCC1c1nc2ccccc2s1. The molecule has 1 aliphatic rings. The normalized spacial score (nSPS) is 17.5. The van der Waals surface area contributed by atoms with Gasteiger partial charge in [0.1, 0.15) is 5.01 Å². The predicted octanol–water partition coefficient (Wildman–Crippen LogP) is 3.63. The van der Waals surface area contributed by atoms with Gasteiger partial charge in [-0.05, 0) is 56.1 Å². The van der Waals surface area contributed by atoms with Gasteiger partial charge in [-0.2, -0.15) is 0 Å². The monoisotopic (exact) mass is 458 g/mol. The molecule has 0 radical (unpaired) electrons. The summed E-state index contributed by atoms with van der Waals surface area (Å²) in [6, 6.07) is 13.0.